The van der Waals surface area contributed by atoms with Gasteiger partial charge in [0.15, 0.2) is 0 Å². The molecule has 0 aliphatic heterocycles. The summed E-state index contributed by atoms with van der Waals surface area (Å²) in [5.74, 6) is -0.0720. The number of nitrogens with zero attached hydrogens (tertiary/aromatic N) is 2. The number of rotatable bonds is 7. The predicted molar refractivity (Wildman–Crippen MR) is 99.5 cm³/mol. The van der Waals surface area contributed by atoms with Crippen molar-refractivity contribution in [1.29, 1.82) is 0 Å². The maximum Gasteiger partial charge on any atom is 0.307 e. The molecule has 7 heteroatoms. The van der Waals surface area contributed by atoms with E-state index in [2.05, 4.69) is 15.0 Å². The van der Waals surface area contributed by atoms with E-state index in [1.807, 2.05) is 35.0 Å². The van der Waals surface area contributed by atoms with E-state index in [1.165, 1.54) is 7.11 Å². The number of aromatic nitrogens is 2. The van der Waals surface area contributed by atoms with Gasteiger partial charge in [-0.15, -0.1) is 0 Å². The summed E-state index contributed by atoms with van der Waals surface area (Å²) in [5.41, 5.74) is 2.10. The standard InChI is InChI=1S/C20H21N3O4/c1-14(10-19(24)26-2)21-20(25)15-6-5-7-17(11-15)27-13-16-12-23-9-4-3-8-18(23)22-16/h3-9,11-12,14H,10,13H2,1-2H3,(H,21,25). The number of fused-ring (bicyclic) bond motifs is 1. The van der Waals surface area contributed by atoms with Crippen LogP contribution in [0, 0.1) is 0 Å². The maximum atomic E-state index is 12.3. The minimum absolute atomic E-state index is 0.117. The van der Waals surface area contributed by atoms with Gasteiger partial charge in [-0.2, -0.15) is 0 Å². The van der Waals surface area contributed by atoms with Gasteiger partial charge in [-0.3, -0.25) is 9.59 Å². The number of ether oxygens (including phenoxy) is 2. The number of pyridine rings is 1. The molecule has 2 aromatic heterocycles. The van der Waals surface area contributed by atoms with Gasteiger partial charge < -0.3 is 19.2 Å². The average molecular weight is 367 g/mol. The number of imidazole rings is 1. The van der Waals surface area contributed by atoms with E-state index in [0.717, 1.165) is 11.3 Å². The Morgan fingerprint density at radius 1 is 1.22 bits per heavy atom. The van der Waals surface area contributed by atoms with Crippen molar-refractivity contribution in [3.8, 4) is 5.75 Å². The zero-order valence-electron chi connectivity index (χ0n) is 15.2. The SMILES string of the molecule is COC(=O)CC(C)NC(=O)c1cccc(OCc2cn3ccccc3n2)c1. The summed E-state index contributed by atoms with van der Waals surface area (Å²) in [4.78, 5) is 28.1. The van der Waals surface area contributed by atoms with E-state index >= 15 is 0 Å². The first-order valence-electron chi connectivity index (χ1n) is 8.58. The molecular weight excluding hydrogens is 346 g/mol. The second-order valence-electron chi connectivity index (χ2n) is 6.17. The van der Waals surface area contributed by atoms with Crippen LogP contribution in [0.3, 0.4) is 0 Å². The third kappa shape index (κ3) is 4.84. The fourth-order valence-electron chi connectivity index (χ4n) is 2.63. The van der Waals surface area contributed by atoms with E-state index in [1.54, 1.807) is 31.2 Å². The lowest BCUT2D eigenvalue weighted by Gasteiger charge is -2.13. The summed E-state index contributed by atoms with van der Waals surface area (Å²) in [6.07, 6.45) is 3.94. The Balaban J connectivity index is 1.61. The average Bonchev–Trinajstić information content (AvgIpc) is 3.09. The number of amides is 1. The third-order valence-corrected chi connectivity index (χ3v) is 3.97. The summed E-state index contributed by atoms with van der Waals surface area (Å²) in [5, 5.41) is 2.77. The number of esters is 1. The van der Waals surface area contributed by atoms with Crippen molar-refractivity contribution in [2.24, 2.45) is 0 Å². The molecule has 3 rings (SSSR count). The number of hydrogen-bond acceptors (Lipinski definition) is 5. The minimum Gasteiger partial charge on any atom is -0.487 e. The van der Waals surface area contributed by atoms with Crippen molar-refractivity contribution < 1.29 is 19.1 Å². The van der Waals surface area contributed by atoms with Crippen LogP contribution in [0.2, 0.25) is 0 Å². The number of nitrogens with one attached hydrogen (secondary N) is 1. The van der Waals surface area contributed by atoms with Crippen LogP contribution >= 0.6 is 0 Å². The molecule has 1 N–H and O–H groups in total. The van der Waals surface area contributed by atoms with Gasteiger partial charge in [0.1, 0.15) is 18.0 Å². The zero-order valence-corrected chi connectivity index (χ0v) is 15.2. The Morgan fingerprint density at radius 2 is 2.07 bits per heavy atom. The quantitative estimate of drug-likeness (QED) is 0.649. The van der Waals surface area contributed by atoms with Gasteiger partial charge in [0.25, 0.3) is 5.91 Å². The van der Waals surface area contributed by atoms with Gasteiger partial charge in [-0.1, -0.05) is 12.1 Å². The first-order chi connectivity index (χ1) is 13.0. The summed E-state index contributed by atoms with van der Waals surface area (Å²) < 4.78 is 12.3. The highest BCUT2D eigenvalue weighted by Gasteiger charge is 2.14. The highest BCUT2D eigenvalue weighted by molar-refractivity contribution is 5.95. The Bertz CT molecular complexity index is 918. The zero-order chi connectivity index (χ0) is 19.2. The number of hydrogen-bond donors (Lipinski definition) is 1. The van der Waals surface area contributed by atoms with Crippen molar-refractivity contribution in [2.45, 2.75) is 26.0 Å². The van der Waals surface area contributed by atoms with Crippen molar-refractivity contribution in [2.75, 3.05) is 7.11 Å². The van der Waals surface area contributed by atoms with E-state index < -0.39 is 0 Å². The summed E-state index contributed by atoms with van der Waals surface area (Å²) >= 11 is 0. The molecule has 0 bridgehead atoms. The van der Waals surface area contributed by atoms with Crippen LogP contribution in [-0.4, -0.2) is 34.4 Å². The Kier molecular flexibility index (Phi) is 5.71. The molecule has 140 valence electrons. The second kappa shape index (κ2) is 8.35. The fraction of sp³-hybridized carbons (Fsp3) is 0.250. The van der Waals surface area contributed by atoms with Crippen LogP contribution in [0.25, 0.3) is 5.65 Å². The Hall–Kier alpha value is -3.35. The van der Waals surface area contributed by atoms with Crippen LogP contribution in [0.1, 0.15) is 29.4 Å². The second-order valence-corrected chi connectivity index (χ2v) is 6.17. The summed E-state index contributed by atoms with van der Waals surface area (Å²) in [6.45, 7) is 2.05. The molecule has 27 heavy (non-hydrogen) atoms. The smallest absolute Gasteiger partial charge is 0.307 e. The Morgan fingerprint density at radius 3 is 2.85 bits per heavy atom. The van der Waals surface area contributed by atoms with Crippen molar-refractivity contribution in [3.63, 3.8) is 0 Å². The number of carbonyl (C=O) groups excluding carboxylic acids is 2. The molecule has 0 radical (unpaired) electrons. The largest absolute Gasteiger partial charge is 0.487 e. The summed E-state index contributed by atoms with van der Waals surface area (Å²) in [7, 11) is 1.32. The number of benzene rings is 1. The highest BCUT2D eigenvalue weighted by Crippen LogP contribution is 2.16. The molecule has 1 aromatic carbocycles. The number of carbonyl (C=O) groups is 2. The van der Waals surface area contributed by atoms with Gasteiger partial charge in [0, 0.05) is 24.0 Å². The molecular formula is C20H21N3O4. The lowest BCUT2D eigenvalue weighted by Crippen LogP contribution is -2.34. The first kappa shape index (κ1) is 18.4. The number of methoxy groups -OCH3 is 1. The van der Waals surface area contributed by atoms with Gasteiger partial charge in [-0.25, -0.2) is 4.98 Å². The molecule has 0 aliphatic carbocycles. The van der Waals surface area contributed by atoms with Crippen molar-refractivity contribution in [3.05, 3.63) is 66.1 Å². The highest BCUT2D eigenvalue weighted by atomic mass is 16.5. The molecule has 0 fully saturated rings. The maximum absolute atomic E-state index is 12.3. The van der Waals surface area contributed by atoms with Crippen molar-refractivity contribution in [1.82, 2.24) is 14.7 Å². The van der Waals surface area contributed by atoms with Crippen LogP contribution in [0.15, 0.2) is 54.9 Å². The van der Waals surface area contributed by atoms with Crippen LogP contribution in [0.5, 0.6) is 5.75 Å². The lowest BCUT2D eigenvalue weighted by molar-refractivity contribution is -0.141. The monoisotopic (exact) mass is 367 g/mol. The normalized spacial score (nSPS) is 11.8. The summed E-state index contributed by atoms with van der Waals surface area (Å²) in [6, 6.07) is 12.3. The van der Waals surface area contributed by atoms with Gasteiger partial charge in [-0.05, 0) is 37.3 Å². The van der Waals surface area contributed by atoms with Crippen LogP contribution < -0.4 is 10.1 Å². The molecule has 7 nitrogen and oxygen atoms in total. The molecule has 0 aliphatic rings. The van der Waals surface area contributed by atoms with E-state index in [9.17, 15) is 9.59 Å². The molecule has 1 unspecified atom stereocenters. The molecule has 0 saturated carbocycles. The fourth-order valence-corrected chi connectivity index (χ4v) is 2.63. The molecule has 0 saturated heterocycles. The van der Waals surface area contributed by atoms with Gasteiger partial charge >= 0.3 is 5.97 Å². The molecule has 1 amide bonds. The van der Waals surface area contributed by atoms with E-state index in [4.69, 9.17) is 4.74 Å². The molecule has 2 heterocycles. The first-order valence-corrected chi connectivity index (χ1v) is 8.58. The third-order valence-electron chi connectivity index (χ3n) is 3.97. The van der Waals surface area contributed by atoms with Crippen LogP contribution in [0.4, 0.5) is 0 Å². The van der Waals surface area contributed by atoms with E-state index in [-0.39, 0.29) is 24.3 Å². The topological polar surface area (TPSA) is 81.9 Å². The van der Waals surface area contributed by atoms with Crippen LogP contribution in [-0.2, 0) is 16.1 Å². The lowest BCUT2D eigenvalue weighted by atomic mass is 10.1. The Labute approximate surface area is 156 Å². The molecule has 3 aromatic rings. The molecule has 0 spiro atoms. The van der Waals surface area contributed by atoms with Gasteiger partial charge in [0.05, 0.1) is 19.2 Å². The predicted octanol–water partition coefficient (Wildman–Crippen LogP) is 2.59. The minimum atomic E-state index is -0.368. The van der Waals surface area contributed by atoms with E-state index in [0.29, 0.717) is 17.9 Å². The molecule has 1 atom stereocenters. The van der Waals surface area contributed by atoms with Crippen molar-refractivity contribution >= 4 is 17.5 Å². The van der Waals surface area contributed by atoms with Gasteiger partial charge in [0.2, 0.25) is 0 Å².